The van der Waals surface area contributed by atoms with Gasteiger partial charge in [0.05, 0.1) is 25.5 Å². The summed E-state index contributed by atoms with van der Waals surface area (Å²) in [4.78, 5) is 14.6. The lowest BCUT2D eigenvalue weighted by molar-refractivity contribution is -0.142. The number of carbonyl (C=O) groups is 1. The summed E-state index contributed by atoms with van der Waals surface area (Å²) < 4.78 is 32.1. The van der Waals surface area contributed by atoms with Gasteiger partial charge in [0.15, 0.2) is 9.84 Å². The van der Waals surface area contributed by atoms with Crippen molar-refractivity contribution in [2.75, 3.05) is 12.4 Å². The van der Waals surface area contributed by atoms with E-state index in [1.807, 2.05) is 63.0 Å². The number of sulfone groups is 1. The molecule has 1 fully saturated rings. The van der Waals surface area contributed by atoms with Gasteiger partial charge in [-0.15, -0.1) is 11.3 Å². The number of rotatable bonds is 9. The quantitative estimate of drug-likeness (QED) is 0.387. The van der Waals surface area contributed by atoms with Crippen LogP contribution in [0.25, 0.3) is 10.4 Å². The van der Waals surface area contributed by atoms with Gasteiger partial charge in [-0.3, -0.25) is 4.79 Å². The predicted octanol–water partition coefficient (Wildman–Crippen LogP) is 6.57. The molecule has 1 aromatic heterocycles. The standard InChI is InChI=1S/C25H36O5S2Si/c1-6-17-30-20-12-10-19(11-13-20)21-14-15-22(31-21)24(16-8-9-18-32(24,28)29)25(7-2,23(26)27)33(3,4)5/h10-15H,6-9,16-18H2,1-5H3,(H,26,27)/t24-,25?/m1/s1. The normalized spacial score (nSPS) is 22.5. The molecule has 5 nitrogen and oxygen atoms in total. The number of carboxylic acid groups (broad SMARTS) is 1. The number of ether oxygens (including phenoxy) is 1. The average Bonchev–Trinajstić information content (AvgIpc) is 3.23. The SMILES string of the molecule is CCCOc1ccc(-c2ccc([C@@]3(C(CC)(C(=O)O)[Si](C)(C)C)CCCCS3(=O)=O)s2)cc1. The maximum absolute atomic E-state index is 13.9. The summed E-state index contributed by atoms with van der Waals surface area (Å²) in [6.45, 7) is 10.6. The van der Waals surface area contributed by atoms with Gasteiger partial charge in [-0.05, 0) is 67.6 Å². The Morgan fingerprint density at radius 2 is 1.79 bits per heavy atom. The van der Waals surface area contributed by atoms with Crippen molar-refractivity contribution >= 4 is 35.2 Å². The van der Waals surface area contributed by atoms with Gasteiger partial charge in [-0.1, -0.05) is 39.9 Å². The average molecular weight is 509 g/mol. The molecule has 8 heteroatoms. The number of aliphatic carboxylic acids is 1. The van der Waals surface area contributed by atoms with Gasteiger partial charge >= 0.3 is 5.97 Å². The zero-order chi connectivity index (χ0) is 24.5. The van der Waals surface area contributed by atoms with Crippen molar-refractivity contribution in [3.8, 4) is 16.2 Å². The monoisotopic (exact) mass is 508 g/mol. The lowest BCUT2D eigenvalue weighted by atomic mass is 9.82. The second-order valence-electron chi connectivity index (χ2n) is 9.95. The van der Waals surface area contributed by atoms with Crippen molar-refractivity contribution in [3.63, 3.8) is 0 Å². The number of carboxylic acids is 1. The Labute approximate surface area is 203 Å². The first-order chi connectivity index (χ1) is 15.5. The molecule has 1 aliphatic heterocycles. The first kappa shape index (κ1) is 26.0. The molecule has 1 unspecified atom stereocenters. The van der Waals surface area contributed by atoms with E-state index < -0.39 is 33.7 Å². The second-order valence-corrected chi connectivity index (χ2v) is 18.7. The molecular formula is C25H36O5S2Si. The van der Waals surface area contributed by atoms with E-state index in [-0.39, 0.29) is 5.75 Å². The summed E-state index contributed by atoms with van der Waals surface area (Å²) in [5.74, 6) is -0.122. The topological polar surface area (TPSA) is 80.7 Å². The Hall–Kier alpha value is -1.64. The van der Waals surface area contributed by atoms with Gasteiger partial charge in [0.2, 0.25) is 0 Å². The Kier molecular flexibility index (Phi) is 7.51. The van der Waals surface area contributed by atoms with Crippen LogP contribution in [0.3, 0.4) is 0 Å². The maximum atomic E-state index is 13.9. The van der Waals surface area contributed by atoms with Crippen LogP contribution in [0, 0.1) is 0 Å². The molecule has 0 aliphatic carbocycles. The second kappa shape index (κ2) is 9.54. The molecule has 33 heavy (non-hydrogen) atoms. The summed E-state index contributed by atoms with van der Waals surface area (Å²) in [5, 5.41) is 9.35. The highest BCUT2D eigenvalue weighted by Gasteiger charge is 2.69. The van der Waals surface area contributed by atoms with Crippen molar-refractivity contribution in [1.82, 2.24) is 0 Å². The van der Waals surface area contributed by atoms with Crippen LogP contribution in [-0.2, 0) is 19.4 Å². The Morgan fingerprint density at radius 1 is 1.12 bits per heavy atom. The molecule has 1 saturated heterocycles. The van der Waals surface area contributed by atoms with E-state index in [0.29, 0.717) is 30.7 Å². The lowest BCUT2D eigenvalue weighted by Gasteiger charge is -2.54. The molecule has 0 amide bonds. The van der Waals surface area contributed by atoms with Crippen molar-refractivity contribution in [3.05, 3.63) is 41.3 Å². The maximum Gasteiger partial charge on any atom is 0.308 e. The van der Waals surface area contributed by atoms with Crippen LogP contribution in [0.15, 0.2) is 36.4 Å². The Bertz CT molecular complexity index is 1080. The molecular weight excluding hydrogens is 472 g/mol. The van der Waals surface area contributed by atoms with Gasteiger partial charge in [0, 0.05) is 9.75 Å². The van der Waals surface area contributed by atoms with Crippen molar-refractivity contribution in [1.29, 1.82) is 0 Å². The fourth-order valence-electron chi connectivity index (χ4n) is 5.67. The van der Waals surface area contributed by atoms with Crippen LogP contribution in [0.2, 0.25) is 24.7 Å². The summed E-state index contributed by atoms with van der Waals surface area (Å²) in [6.07, 6.45) is 2.91. The minimum atomic E-state index is -3.68. The Morgan fingerprint density at radius 3 is 2.30 bits per heavy atom. The molecule has 1 aliphatic rings. The highest BCUT2D eigenvalue weighted by Crippen LogP contribution is 2.64. The van der Waals surface area contributed by atoms with Crippen molar-refractivity contribution < 1.29 is 23.1 Å². The van der Waals surface area contributed by atoms with Gasteiger partial charge in [-0.2, -0.15) is 0 Å². The third-order valence-electron chi connectivity index (χ3n) is 7.20. The molecule has 2 aromatic rings. The molecule has 182 valence electrons. The van der Waals surface area contributed by atoms with Gasteiger partial charge in [-0.25, -0.2) is 8.42 Å². The molecule has 1 N–H and O–H groups in total. The molecule has 0 radical (unpaired) electrons. The summed E-state index contributed by atoms with van der Waals surface area (Å²) in [5.41, 5.74) is 0.976. The zero-order valence-electron chi connectivity index (χ0n) is 20.3. The van der Waals surface area contributed by atoms with Crippen LogP contribution < -0.4 is 4.74 Å². The van der Waals surface area contributed by atoms with Crippen LogP contribution in [0.4, 0.5) is 0 Å². The lowest BCUT2D eigenvalue weighted by Crippen LogP contribution is -2.62. The molecule has 3 rings (SSSR count). The summed E-state index contributed by atoms with van der Waals surface area (Å²) in [6, 6.07) is 11.6. The van der Waals surface area contributed by atoms with Crippen molar-refractivity contribution in [2.24, 2.45) is 0 Å². The number of benzene rings is 1. The summed E-state index contributed by atoms with van der Waals surface area (Å²) >= 11 is 1.43. The first-order valence-corrected chi connectivity index (χ1v) is 17.7. The smallest absolute Gasteiger partial charge is 0.308 e. The van der Waals surface area contributed by atoms with E-state index in [0.717, 1.165) is 29.0 Å². The van der Waals surface area contributed by atoms with Gasteiger partial charge in [0.25, 0.3) is 0 Å². The van der Waals surface area contributed by atoms with E-state index in [1.165, 1.54) is 11.3 Å². The molecule has 2 heterocycles. The number of thiophene rings is 1. The van der Waals surface area contributed by atoms with Gasteiger partial charge < -0.3 is 9.84 Å². The zero-order valence-corrected chi connectivity index (χ0v) is 22.9. The van der Waals surface area contributed by atoms with E-state index in [4.69, 9.17) is 4.74 Å². The predicted molar refractivity (Wildman–Crippen MR) is 139 cm³/mol. The third-order valence-corrected chi connectivity index (χ3v) is 15.0. The molecule has 0 saturated carbocycles. The minimum Gasteiger partial charge on any atom is -0.494 e. The van der Waals surface area contributed by atoms with Crippen LogP contribution >= 0.6 is 11.3 Å². The fourth-order valence-corrected chi connectivity index (χ4v) is 14.6. The number of hydrogen-bond acceptors (Lipinski definition) is 5. The highest BCUT2D eigenvalue weighted by atomic mass is 32.2. The molecule has 1 aromatic carbocycles. The van der Waals surface area contributed by atoms with Gasteiger partial charge in [0.1, 0.15) is 10.5 Å². The fraction of sp³-hybridized carbons (Fsp3) is 0.560. The van der Waals surface area contributed by atoms with Crippen LogP contribution in [0.1, 0.15) is 50.8 Å². The van der Waals surface area contributed by atoms with E-state index in [1.54, 1.807) is 0 Å². The largest absolute Gasteiger partial charge is 0.494 e. The molecule has 0 spiro atoms. The third kappa shape index (κ3) is 4.19. The van der Waals surface area contributed by atoms with E-state index >= 15 is 0 Å². The van der Waals surface area contributed by atoms with Crippen LogP contribution in [-0.4, -0.2) is 39.9 Å². The van der Waals surface area contributed by atoms with E-state index in [9.17, 15) is 18.3 Å². The van der Waals surface area contributed by atoms with Crippen molar-refractivity contribution in [2.45, 2.75) is 75.4 Å². The summed E-state index contributed by atoms with van der Waals surface area (Å²) in [7, 11) is -6.19. The highest BCUT2D eigenvalue weighted by molar-refractivity contribution is 7.92. The molecule has 2 atom stereocenters. The Balaban J connectivity index is 2.19. The molecule has 0 bridgehead atoms. The van der Waals surface area contributed by atoms with E-state index in [2.05, 4.69) is 6.92 Å². The minimum absolute atomic E-state index is 0.0448. The van der Waals surface area contributed by atoms with Crippen LogP contribution in [0.5, 0.6) is 5.75 Å². The number of hydrogen-bond donors (Lipinski definition) is 1. The first-order valence-electron chi connectivity index (χ1n) is 11.8.